The SMILES string of the molecule is CCOCCS(=O)(=O)N1CCN(C)c2cc(Cl)ccc21. The lowest BCUT2D eigenvalue weighted by atomic mass is 10.2. The first-order valence-electron chi connectivity index (χ1n) is 6.54. The van der Waals surface area contributed by atoms with Crippen LogP contribution in [-0.2, 0) is 14.8 Å². The van der Waals surface area contributed by atoms with Gasteiger partial charge in [-0.15, -0.1) is 0 Å². The minimum atomic E-state index is -3.37. The van der Waals surface area contributed by atoms with Gasteiger partial charge in [-0.3, -0.25) is 4.31 Å². The van der Waals surface area contributed by atoms with E-state index in [1.54, 1.807) is 18.2 Å². The van der Waals surface area contributed by atoms with Gasteiger partial charge >= 0.3 is 0 Å². The number of ether oxygens (including phenoxy) is 1. The van der Waals surface area contributed by atoms with Gasteiger partial charge in [0.15, 0.2) is 0 Å². The number of nitrogens with zero attached hydrogens (tertiary/aromatic N) is 2. The molecular weight excluding hydrogens is 300 g/mol. The molecule has 112 valence electrons. The maximum Gasteiger partial charge on any atom is 0.237 e. The quantitative estimate of drug-likeness (QED) is 0.779. The number of sulfonamides is 1. The molecule has 0 fully saturated rings. The predicted octanol–water partition coefficient (Wildman–Crippen LogP) is 1.96. The van der Waals surface area contributed by atoms with Gasteiger partial charge in [0.05, 0.1) is 30.3 Å². The fraction of sp³-hybridized carbons (Fsp3) is 0.538. The molecular formula is C13H19ClN2O3S. The maximum absolute atomic E-state index is 12.4. The summed E-state index contributed by atoms with van der Waals surface area (Å²) in [7, 11) is -1.44. The van der Waals surface area contributed by atoms with E-state index in [0.717, 1.165) is 5.69 Å². The smallest absolute Gasteiger partial charge is 0.237 e. The van der Waals surface area contributed by atoms with Crippen molar-refractivity contribution in [2.75, 3.05) is 48.3 Å². The number of halogens is 1. The Kier molecular flexibility index (Phi) is 4.78. The van der Waals surface area contributed by atoms with Crippen LogP contribution >= 0.6 is 11.6 Å². The van der Waals surface area contributed by atoms with E-state index < -0.39 is 10.0 Å². The van der Waals surface area contributed by atoms with Crippen molar-refractivity contribution in [2.45, 2.75) is 6.92 Å². The second-order valence-corrected chi connectivity index (χ2v) is 7.09. The summed E-state index contributed by atoms with van der Waals surface area (Å²) in [4.78, 5) is 2.01. The lowest BCUT2D eigenvalue weighted by molar-refractivity contribution is 0.163. The van der Waals surface area contributed by atoms with Gasteiger partial charge < -0.3 is 9.64 Å². The number of fused-ring (bicyclic) bond motifs is 1. The largest absolute Gasteiger partial charge is 0.381 e. The van der Waals surface area contributed by atoms with Crippen molar-refractivity contribution in [3.63, 3.8) is 0 Å². The molecule has 2 rings (SSSR count). The third kappa shape index (κ3) is 3.19. The highest BCUT2D eigenvalue weighted by molar-refractivity contribution is 7.92. The second kappa shape index (κ2) is 6.20. The summed E-state index contributed by atoms with van der Waals surface area (Å²) in [5.41, 5.74) is 1.52. The summed E-state index contributed by atoms with van der Waals surface area (Å²) in [6.07, 6.45) is 0. The van der Waals surface area contributed by atoms with E-state index in [0.29, 0.717) is 30.4 Å². The molecule has 0 aromatic heterocycles. The Morgan fingerprint density at radius 1 is 1.30 bits per heavy atom. The first-order chi connectivity index (χ1) is 9.45. The zero-order chi connectivity index (χ0) is 14.8. The molecule has 0 amide bonds. The molecule has 0 atom stereocenters. The zero-order valence-corrected chi connectivity index (χ0v) is 13.2. The highest BCUT2D eigenvalue weighted by atomic mass is 35.5. The van der Waals surface area contributed by atoms with Crippen LogP contribution in [0.5, 0.6) is 0 Å². The fourth-order valence-electron chi connectivity index (χ4n) is 2.20. The van der Waals surface area contributed by atoms with Crippen LogP contribution in [0.2, 0.25) is 5.02 Å². The number of rotatable bonds is 5. The van der Waals surface area contributed by atoms with Crippen LogP contribution < -0.4 is 9.21 Å². The number of benzene rings is 1. The molecule has 0 unspecified atom stereocenters. The number of hydrogen-bond acceptors (Lipinski definition) is 4. The van der Waals surface area contributed by atoms with Crippen molar-refractivity contribution < 1.29 is 13.2 Å². The van der Waals surface area contributed by atoms with Crippen molar-refractivity contribution in [3.8, 4) is 0 Å². The van der Waals surface area contributed by atoms with E-state index in [2.05, 4.69) is 0 Å². The summed E-state index contributed by atoms with van der Waals surface area (Å²) in [6.45, 7) is 3.67. The summed E-state index contributed by atoms with van der Waals surface area (Å²) < 4.78 is 31.4. The average Bonchev–Trinajstić information content (AvgIpc) is 2.39. The first-order valence-corrected chi connectivity index (χ1v) is 8.53. The van der Waals surface area contributed by atoms with Gasteiger partial charge in [0, 0.05) is 25.2 Å². The van der Waals surface area contributed by atoms with Crippen LogP contribution in [0.25, 0.3) is 0 Å². The lowest BCUT2D eigenvalue weighted by Gasteiger charge is -2.36. The Morgan fingerprint density at radius 2 is 2.05 bits per heavy atom. The standard InChI is InChI=1S/C13H19ClN2O3S/c1-3-19-8-9-20(17,18)16-7-6-15(2)13-10-11(14)4-5-12(13)16/h4-5,10H,3,6-9H2,1-2H3. The summed E-state index contributed by atoms with van der Waals surface area (Å²) in [6, 6.07) is 5.26. The molecule has 20 heavy (non-hydrogen) atoms. The summed E-state index contributed by atoms with van der Waals surface area (Å²) in [5.74, 6) is -0.00732. The van der Waals surface area contributed by atoms with Crippen molar-refractivity contribution in [2.24, 2.45) is 0 Å². The van der Waals surface area contributed by atoms with E-state index in [1.165, 1.54) is 4.31 Å². The molecule has 1 aliphatic rings. The minimum Gasteiger partial charge on any atom is -0.381 e. The van der Waals surface area contributed by atoms with Crippen LogP contribution in [0, 0.1) is 0 Å². The third-order valence-electron chi connectivity index (χ3n) is 3.28. The molecule has 0 saturated heterocycles. The van der Waals surface area contributed by atoms with Crippen molar-refractivity contribution in [1.82, 2.24) is 0 Å². The molecule has 0 radical (unpaired) electrons. The Morgan fingerprint density at radius 3 is 2.75 bits per heavy atom. The molecule has 5 nitrogen and oxygen atoms in total. The lowest BCUT2D eigenvalue weighted by Crippen LogP contribution is -2.44. The van der Waals surface area contributed by atoms with E-state index in [9.17, 15) is 8.42 Å². The van der Waals surface area contributed by atoms with Gasteiger partial charge in [-0.05, 0) is 25.1 Å². The van der Waals surface area contributed by atoms with Gasteiger partial charge in [0.1, 0.15) is 0 Å². The third-order valence-corrected chi connectivity index (χ3v) is 5.25. The van der Waals surface area contributed by atoms with Crippen molar-refractivity contribution in [1.29, 1.82) is 0 Å². The maximum atomic E-state index is 12.4. The molecule has 0 N–H and O–H groups in total. The first kappa shape index (κ1) is 15.4. The zero-order valence-electron chi connectivity index (χ0n) is 11.7. The monoisotopic (exact) mass is 318 g/mol. The van der Waals surface area contributed by atoms with Crippen molar-refractivity contribution in [3.05, 3.63) is 23.2 Å². The van der Waals surface area contributed by atoms with Crippen LogP contribution in [0.4, 0.5) is 11.4 Å². The Hall–Kier alpha value is -0.980. The van der Waals surface area contributed by atoms with E-state index >= 15 is 0 Å². The highest BCUT2D eigenvalue weighted by Gasteiger charge is 2.29. The normalized spacial score (nSPS) is 15.3. The Balaban J connectivity index is 2.29. The molecule has 1 aromatic rings. The molecule has 0 bridgehead atoms. The molecule has 0 saturated carbocycles. The molecule has 7 heteroatoms. The topological polar surface area (TPSA) is 49.9 Å². The van der Waals surface area contributed by atoms with Gasteiger partial charge in [0.25, 0.3) is 0 Å². The molecule has 0 spiro atoms. The second-order valence-electron chi connectivity index (χ2n) is 4.64. The average molecular weight is 319 g/mol. The number of likely N-dealkylation sites (N-methyl/N-ethyl adjacent to an activating group) is 1. The molecule has 1 aliphatic heterocycles. The number of hydrogen-bond donors (Lipinski definition) is 0. The van der Waals surface area contributed by atoms with Crippen LogP contribution in [0.1, 0.15) is 6.92 Å². The Labute approximate surface area is 125 Å². The van der Waals surface area contributed by atoms with E-state index in [4.69, 9.17) is 16.3 Å². The van der Waals surface area contributed by atoms with Gasteiger partial charge in [-0.2, -0.15) is 0 Å². The molecule has 1 heterocycles. The Bertz CT molecular complexity index is 577. The van der Waals surface area contributed by atoms with Gasteiger partial charge in [0.2, 0.25) is 10.0 Å². The van der Waals surface area contributed by atoms with E-state index in [1.807, 2.05) is 18.9 Å². The summed E-state index contributed by atoms with van der Waals surface area (Å²) in [5, 5.41) is 0.601. The fourth-order valence-corrected chi connectivity index (χ4v) is 3.73. The predicted molar refractivity (Wildman–Crippen MR) is 82.3 cm³/mol. The van der Waals surface area contributed by atoms with Crippen molar-refractivity contribution >= 4 is 33.0 Å². The highest BCUT2D eigenvalue weighted by Crippen LogP contribution is 2.36. The van der Waals surface area contributed by atoms with Crippen LogP contribution in [0.3, 0.4) is 0 Å². The van der Waals surface area contributed by atoms with Gasteiger partial charge in [-0.1, -0.05) is 11.6 Å². The van der Waals surface area contributed by atoms with Gasteiger partial charge in [-0.25, -0.2) is 8.42 Å². The minimum absolute atomic E-state index is 0.00732. The molecule has 1 aromatic carbocycles. The van der Waals surface area contributed by atoms with Crippen LogP contribution in [-0.4, -0.2) is 47.5 Å². The van der Waals surface area contributed by atoms with Crippen LogP contribution in [0.15, 0.2) is 18.2 Å². The summed E-state index contributed by atoms with van der Waals surface area (Å²) >= 11 is 5.99. The van der Waals surface area contributed by atoms with E-state index in [-0.39, 0.29) is 12.4 Å². The number of anilines is 2. The molecule has 0 aliphatic carbocycles.